The van der Waals surface area contributed by atoms with Crippen LogP contribution in [-0.4, -0.2) is 73.5 Å². The van der Waals surface area contributed by atoms with Crippen molar-refractivity contribution in [3.63, 3.8) is 0 Å². The molecule has 2 aliphatic rings. The lowest BCUT2D eigenvalue weighted by atomic mass is 9.82. The van der Waals surface area contributed by atoms with Gasteiger partial charge in [0.25, 0.3) is 0 Å². The number of nitrogens with zero attached hydrogens (tertiary/aromatic N) is 5. The van der Waals surface area contributed by atoms with E-state index >= 15 is 0 Å². The van der Waals surface area contributed by atoms with Crippen LogP contribution >= 0.6 is 23.2 Å². The zero-order valence-corrected chi connectivity index (χ0v) is 25.1. The molecule has 4 heterocycles. The smallest absolute Gasteiger partial charge is 0.243 e. The molecule has 2 atom stereocenters. The van der Waals surface area contributed by atoms with Crippen LogP contribution in [0.5, 0.6) is 11.5 Å². The third kappa shape index (κ3) is 5.75. The molecule has 1 unspecified atom stereocenters. The molecule has 2 fully saturated rings. The molecule has 2 aromatic heterocycles. The highest BCUT2D eigenvalue weighted by atomic mass is 35.5. The summed E-state index contributed by atoms with van der Waals surface area (Å²) < 4.78 is 16.5. The summed E-state index contributed by atoms with van der Waals surface area (Å²) in [5.74, 6) is 2.00. The van der Waals surface area contributed by atoms with Crippen molar-refractivity contribution in [3.05, 3.63) is 41.0 Å². The molecule has 0 spiro atoms. The number of ether oxygens (including phenoxy) is 3. The fourth-order valence-electron chi connectivity index (χ4n) is 5.12. The Morgan fingerprint density at radius 2 is 1.83 bits per heavy atom. The number of fused-ring (bicyclic) bond motifs is 1. The second-order valence-corrected chi connectivity index (χ2v) is 11.3. The maximum absolute atomic E-state index is 11.9. The second-order valence-electron chi connectivity index (χ2n) is 10.5. The topological polar surface area (TPSA) is 135 Å². The minimum atomic E-state index is -0.406. The first-order chi connectivity index (χ1) is 20.2. The number of nitrogens with one attached hydrogen (secondary N) is 2. The maximum Gasteiger partial charge on any atom is 0.243 e. The molecule has 0 bridgehead atoms. The highest BCUT2D eigenvalue weighted by Crippen LogP contribution is 2.46. The lowest BCUT2D eigenvalue weighted by Gasteiger charge is -2.36. The Kier molecular flexibility index (Phi) is 8.59. The van der Waals surface area contributed by atoms with Gasteiger partial charge in [-0.3, -0.25) is 4.79 Å². The molecule has 2 saturated heterocycles. The Morgan fingerprint density at radius 1 is 1.17 bits per heavy atom. The third-order valence-corrected chi connectivity index (χ3v) is 8.47. The summed E-state index contributed by atoms with van der Waals surface area (Å²) in [6, 6.07) is 5.50. The zero-order valence-electron chi connectivity index (χ0n) is 23.5. The van der Waals surface area contributed by atoms with Gasteiger partial charge in [0.1, 0.15) is 23.1 Å². The highest BCUT2D eigenvalue weighted by molar-refractivity contribution is 6.41. The van der Waals surface area contributed by atoms with E-state index in [0.717, 1.165) is 5.39 Å². The Hall–Kier alpha value is -3.85. The van der Waals surface area contributed by atoms with Gasteiger partial charge in [0.05, 0.1) is 78.3 Å². The summed E-state index contributed by atoms with van der Waals surface area (Å²) >= 11 is 13.5. The molecule has 220 valence electrons. The molecule has 1 amide bonds. The van der Waals surface area contributed by atoms with E-state index in [1.165, 1.54) is 20.3 Å². The zero-order chi connectivity index (χ0) is 30.0. The van der Waals surface area contributed by atoms with Crippen molar-refractivity contribution >= 4 is 51.6 Å². The number of benzene rings is 1. The molecule has 0 saturated carbocycles. The van der Waals surface area contributed by atoms with Crippen molar-refractivity contribution in [1.29, 1.82) is 5.26 Å². The van der Waals surface area contributed by atoms with Crippen molar-refractivity contribution in [2.75, 3.05) is 50.7 Å². The van der Waals surface area contributed by atoms with Crippen LogP contribution in [0.25, 0.3) is 22.3 Å². The maximum atomic E-state index is 11.9. The first-order valence-corrected chi connectivity index (χ1v) is 14.2. The molecule has 5 rings (SSSR count). The van der Waals surface area contributed by atoms with Crippen molar-refractivity contribution < 1.29 is 19.0 Å². The molecule has 3 aromatic rings. The summed E-state index contributed by atoms with van der Waals surface area (Å²) in [7, 11) is 3.01. The van der Waals surface area contributed by atoms with Gasteiger partial charge in [0.15, 0.2) is 5.82 Å². The van der Waals surface area contributed by atoms with Crippen LogP contribution in [0, 0.1) is 16.7 Å². The van der Waals surface area contributed by atoms with E-state index in [9.17, 15) is 10.1 Å². The Morgan fingerprint density at radius 3 is 2.45 bits per heavy atom. The Labute approximate surface area is 253 Å². The van der Waals surface area contributed by atoms with Crippen LogP contribution < -0.4 is 25.0 Å². The predicted molar refractivity (Wildman–Crippen MR) is 161 cm³/mol. The second kappa shape index (κ2) is 12.2. The monoisotopic (exact) mass is 611 g/mol. The normalized spacial score (nSPS) is 19.7. The number of rotatable bonds is 8. The molecule has 0 radical (unpaired) electrons. The van der Waals surface area contributed by atoms with Crippen LogP contribution in [0.3, 0.4) is 0 Å². The number of anilines is 2. The van der Waals surface area contributed by atoms with E-state index in [-0.39, 0.29) is 33.9 Å². The van der Waals surface area contributed by atoms with Gasteiger partial charge in [-0.05, 0) is 31.9 Å². The predicted octanol–water partition coefficient (Wildman–Crippen LogP) is 4.63. The Balaban J connectivity index is 1.60. The van der Waals surface area contributed by atoms with Gasteiger partial charge in [0, 0.05) is 24.5 Å². The van der Waals surface area contributed by atoms with E-state index in [1.54, 1.807) is 12.3 Å². The van der Waals surface area contributed by atoms with Gasteiger partial charge < -0.3 is 29.7 Å². The quantitative estimate of drug-likeness (QED) is 0.347. The van der Waals surface area contributed by atoms with Gasteiger partial charge in [-0.1, -0.05) is 29.8 Å². The number of methoxy groups -OCH3 is 2. The van der Waals surface area contributed by atoms with Crippen LogP contribution in [0.1, 0.15) is 19.8 Å². The van der Waals surface area contributed by atoms with Crippen LogP contribution in [0.2, 0.25) is 10.0 Å². The fourth-order valence-corrected chi connectivity index (χ4v) is 5.79. The van der Waals surface area contributed by atoms with Gasteiger partial charge >= 0.3 is 0 Å². The molecular weight excluding hydrogens is 581 g/mol. The molecule has 0 aliphatic carbocycles. The summed E-state index contributed by atoms with van der Waals surface area (Å²) in [6.45, 7) is 7.52. The van der Waals surface area contributed by atoms with E-state index in [1.807, 2.05) is 13.0 Å². The Bertz CT molecular complexity index is 1540. The standard InChI is InChI=1S/C29H31Cl2N7O4/c1-5-23(39)35-19-14-42-13-18(19)34-22-10-16-17(12-33-22)36-27(24-25(30)20(40-3)11-21(41-4)26(24)31)37-28(16)38-8-6-29(2,15-32)7-9-38/h5,10-12,18-19H,1,6-9,13-14H2,2-4H3,(H,33,34)(H,35,39)/t18?,19-/m0/s1. The lowest BCUT2D eigenvalue weighted by molar-refractivity contribution is -0.117. The summed E-state index contributed by atoms with van der Waals surface area (Å²) in [4.78, 5) is 28.4. The molecule has 2 aliphatic heterocycles. The van der Waals surface area contributed by atoms with E-state index in [0.29, 0.717) is 73.4 Å². The molecule has 1 aromatic carbocycles. The number of piperidine rings is 1. The van der Waals surface area contributed by atoms with Gasteiger partial charge in [-0.25, -0.2) is 15.0 Å². The van der Waals surface area contributed by atoms with Gasteiger partial charge in [-0.2, -0.15) is 5.26 Å². The average molecular weight is 613 g/mol. The molecule has 11 nitrogen and oxygen atoms in total. The minimum Gasteiger partial charge on any atom is -0.495 e. The number of pyridine rings is 1. The van der Waals surface area contributed by atoms with E-state index < -0.39 is 5.41 Å². The summed E-state index contributed by atoms with van der Waals surface area (Å²) in [5.41, 5.74) is 0.543. The lowest BCUT2D eigenvalue weighted by Crippen LogP contribution is -2.45. The molecular formula is C29H31Cl2N7O4. The molecule has 2 N–H and O–H groups in total. The largest absolute Gasteiger partial charge is 0.495 e. The summed E-state index contributed by atoms with van der Waals surface area (Å²) in [6.07, 6.45) is 4.25. The van der Waals surface area contributed by atoms with Crippen molar-refractivity contribution in [2.45, 2.75) is 31.8 Å². The molecule has 13 heteroatoms. The first-order valence-electron chi connectivity index (χ1n) is 13.4. The fraction of sp³-hybridized carbons (Fsp3) is 0.414. The molecule has 42 heavy (non-hydrogen) atoms. The minimum absolute atomic E-state index is 0.198. The number of carbonyl (C=O) groups is 1. The number of aromatic nitrogens is 3. The van der Waals surface area contributed by atoms with Crippen molar-refractivity contribution in [1.82, 2.24) is 20.3 Å². The highest BCUT2D eigenvalue weighted by Gasteiger charge is 2.33. The number of hydrogen-bond acceptors (Lipinski definition) is 10. The SMILES string of the molecule is C=CC(=O)N[C@H]1COCC1Nc1cc2c(N3CCC(C)(C#N)CC3)nc(-c3c(Cl)c(OC)cc(OC)c3Cl)nc2cn1. The van der Waals surface area contributed by atoms with Crippen LogP contribution in [-0.2, 0) is 9.53 Å². The number of nitriles is 1. The van der Waals surface area contributed by atoms with Crippen molar-refractivity contribution in [3.8, 4) is 29.0 Å². The summed E-state index contributed by atoms with van der Waals surface area (Å²) in [5, 5.41) is 17.2. The average Bonchev–Trinajstić information content (AvgIpc) is 3.43. The number of carbonyl (C=O) groups excluding carboxylic acids is 1. The van der Waals surface area contributed by atoms with Gasteiger partial charge in [0.2, 0.25) is 5.91 Å². The van der Waals surface area contributed by atoms with Gasteiger partial charge in [-0.15, -0.1) is 0 Å². The number of halogens is 2. The van der Waals surface area contributed by atoms with Crippen LogP contribution in [0.4, 0.5) is 11.6 Å². The third-order valence-electron chi connectivity index (χ3n) is 7.72. The number of amides is 1. The van der Waals surface area contributed by atoms with E-state index in [4.69, 9.17) is 47.4 Å². The van der Waals surface area contributed by atoms with Crippen LogP contribution in [0.15, 0.2) is 31.0 Å². The first kappa shape index (κ1) is 29.6. The van der Waals surface area contributed by atoms with Crippen molar-refractivity contribution in [2.24, 2.45) is 5.41 Å². The van der Waals surface area contributed by atoms with E-state index in [2.05, 4.69) is 33.2 Å². The number of hydrogen-bond donors (Lipinski definition) is 2.